The molecule has 0 aromatic heterocycles. The Bertz CT molecular complexity index is 587. The molecule has 0 bridgehead atoms. The number of piperidine rings is 1. The van der Waals surface area contributed by atoms with E-state index in [0.717, 1.165) is 19.3 Å². The van der Waals surface area contributed by atoms with Gasteiger partial charge in [0.1, 0.15) is 6.07 Å². The van der Waals surface area contributed by atoms with Gasteiger partial charge in [0.15, 0.2) is 0 Å². The summed E-state index contributed by atoms with van der Waals surface area (Å²) < 4.78 is 26.1. The molecule has 0 saturated carbocycles. The molecular weight excluding hydrogens is 272 g/mol. The maximum absolute atomic E-state index is 12.3. The third-order valence-electron chi connectivity index (χ3n) is 3.01. The van der Waals surface area contributed by atoms with Gasteiger partial charge in [-0.2, -0.15) is 9.57 Å². The summed E-state index contributed by atoms with van der Waals surface area (Å²) in [5.41, 5.74) is 0.286. The molecule has 96 valence electrons. The number of nitriles is 1. The maximum Gasteiger partial charge on any atom is 0.243 e. The van der Waals surface area contributed by atoms with Gasteiger partial charge in [0.05, 0.1) is 15.5 Å². The maximum atomic E-state index is 12.3. The molecule has 1 aromatic carbocycles. The lowest BCUT2D eigenvalue weighted by Gasteiger charge is -2.25. The van der Waals surface area contributed by atoms with Crippen molar-refractivity contribution in [3.05, 3.63) is 28.8 Å². The Morgan fingerprint density at radius 1 is 1.22 bits per heavy atom. The first-order valence-corrected chi connectivity index (χ1v) is 7.57. The molecular formula is C12H13ClN2O2S. The molecule has 1 aliphatic heterocycles. The van der Waals surface area contributed by atoms with Crippen LogP contribution in [0.3, 0.4) is 0 Å². The number of hydrogen-bond acceptors (Lipinski definition) is 3. The van der Waals surface area contributed by atoms with E-state index in [4.69, 9.17) is 16.9 Å². The van der Waals surface area contributed by atoms with E-state index >= 15 is 0 Å². The zero-order valence-electron chi connectivity index (χ0n) is 9.76. The summed E-state index contributed by atoms with van der Waals surface area (Å²) in [6.07, 6.45) is 2.85. The van der Waals surface area contributed by atoms with Crippen molar-refractivity contribution >= 4 is 21.6 Å². The quantitative estimate of drug-likeness (QED) is 0.838. The predicted molar refractivity (Wildman–Crippen MR) is 68.8 cm³/mol. The average molecular weight is 285 g/mol. The van der Waals surface area contributed by atoms with Crippen LogP contribution in [0, 0.1) is 11.3 Å². The predicted octanol–water partition coefficient (Wildman–Crippen LogP) is 2.39. The minimum absolute atomic E-state index is 0.161. The molecule has 0 atom stereocenters. The summed E-state index contributed by atoms with van der Waals surface area (Å²) in [7, 11) is -3.47. The largest absolute Gasteiger partial charge is 0.243 e. The molecule has 18 heavy (non-hydrogen) atoms. The highest BCUT2D eigenvalue weighted by molar-refractivity contribution is 7.89. The molecule has 1 aromatic rings. The van der Waals surface area contributed by atoms with Crippen molar-refractivity contribution in [3.8, 4) is 6.07 Å². The molecule has 0 aliphatic carbocycles. The second kappa shape index (κ2) is 5.27. The molecule has 4 nitrogen and oxygen atoms in total. The number of hydrogen-bond donors (Lipinski definition) is 0. The first-order chi connectivity index (χ1) is 8.55. The molecule has 0 unspecified atom stereocenters. The van der Waals surface area contributed by atoms with E-state index in [1.807, 2.05) is 6.07 Å². The van der Waals surface area contributed by atoms with Crippen LogP contribution in [0.2, 0.25) is 5.02 Å². The monoisotopic (exact) mass is 284 g/mol. The Morgan fingerprint density at radius 3 is 2.44 bits per heavy atom. The second-order valence-corrected chi connectivity index (χ2v) is 6.56. The third kappa shape index (κ3) is 2.51. The summed E-state index contributed by atoms with van der Waals surface area (Å²) in [5.74, 6) is 0. The smallest absolute Gasteiger partial charge is 0.207 e. The standard InChI is InChI=1S/C12H13ClN2O2S/c13-12-8-11(5-4-10(12)9-14)18(16,17)15-6-2-1-3-7-15/h4-5,8H,1-3,6-7H2. The molecule has 1 heterocycles. The van der Waals surface area contributed by atoms with Crippen LogP contribution >= 0.6 is 11.6 Å². The van der Waals surface area contributed by atoms with Crippen LogP contribution in [0.5, 0.6) is 0 Å². The van der Waals surface area contributed by atoms with E-state index in [-0.39, 0.29) is 15.5 Å². The lowest BCUT2D eigenvalue weighted by atomic mass is 10.2. The minimum Gasteiger partial charge on any atom is -0.207 e. The van der Waals surface area contributed by atoms with E-state index in [9.17, 15) is 8.42 Å². The number of nitrogens with zero attached hydrogens (tertiary/aromatic N) is 2. The van der Waals surface area contributed by atoms with Crippen LogP contribution < -0.4 is 0 Å². The van der Waals surface area contributed by atoms with Crippen LogP contribution in [-0.2, 0) is 10.0 Å². The molecule has 1 fully saturated rings. The fourth-order valence-electron chi connectivity index (χ4n) is 2.00. The minimum atomic E-state index is -3.47. The summed E-state index contributed by atoms with van der Waals surface area (Å²) in [6.45, 7) is 1.11. The molecule has 6 heteroatoms. The Labute approximate surface area is 112 Å². The van der Waals surface area contributed by atoms with Crippen molar-refractivity contribution in [2.75, 3.05) is 13.1 Å². The highest BCUT2D eigenvalue weighted by Gasteiger charge is 2.26. The van der Waals surface area contributed by atoms with Gasteiger partial charge in [0.2, 0.25) is 10.0 Å². The number of benzene rings is 1. The topological polar surface area (TPSA) is 61.2 Å². The van der Waals surface area contributed by atoms with Crippen molar-refractivity contribution in [2.45, 2.75) is 24.2 Å². The van der Waals surface area contributed by atoms with Crippen LogP contribution in [0.15, 0.2) is 23.1 Å². The van der Waals surface area contributed by atoms with Crippen molar-refractivity contribution < 1.29 is 8.42 Å². The van der Waals surface area contributed by atoms with Crippen LogP contribution in [0.4, 0.5) is 0 Å². The van der Waals surface area contributed by atoms with E-state index < -0.39 is 10.0 Å². The molecule has 0 N–H and O–H groups in total. The highest BCUT2D eigenvalue weighted by atomic mass is 35.5. The molecule has 1 saturated heterocycles. The SMILES string of the molecule is N#Cc1ccc(S(=O)(=O)N2CCCCC2)cc1Cl. The molecule has 0 spiro atoms. The zero-order chi connectivity index (χ0) is 13.2. The summed E-state index contributed by atoms with van der Waals surface area (Å²) in [6, 6.07) is 6.15. The van der Waals surface area contributed by atoms with E-state index in [1.165, 1.54) is 22.5 Å². The molecule has 0 amide bonds. The first-order valence-electron chi connectivity index (χ1n) is 5.75. The summed E-state index contributed by atoms with van der Waals surface area (Å²) in [5, 5.41) is 8.94. The van der Waals surface area contributed by atoms with Crippen molar-refractivity contribution in [2.24, 2.45) is 0 Å². The first kappa shape index (κ1) is 13.3. The van der Waals surface area contributed by atoms with Gasteiger partial charge < -0.3 is 0 Å². The normalized spacial score (nSPS) is 17.3. The highest BCUT2D eigenvalue weighted by Crippen LogP contribution is 2.24. The molecule has 0 radical (unpaired) electrons. The lowest BCUT2D eigenvalue weighted by molar-refractivity contribution is 0.346. The van der Waals surface area contributed by atoms with Gasteiger partial charge >= 0.3 is 0 Å². The van der Waals surface area contributed by atoms with Crippen LogP contribution in [0.25, 0.3) is 0 Å². The Balaban J connectivity index is 2.35. The summed E-state index contributed by atoms with van der Waals surface area (Å²) >= 11 is 5.87. The van der Waals surface area contributed by atoms with Gasteiger partial charge in [-0.3, -0.25) is 0 Å². The van der Waals surface area contributed by atoms with Gasteiger partial charge in [0.25, 0.3) is 0 Å². The Hall–Kier alpha value is -1.09. The van der Waals surface area contributed by atoms with Gasteiger partial charge in [-0.05, 0) is 31.0 Å². The Kier molecular flexibility index (Phi) is 3.91. The number of sulfonamides is 1. The van der Waals surface area contributed by atoms with E-state index in [0.29, 0.717) is 13.1 Å². The summed E-state index contributed by atoms with van der Waals surface area (Å²) in [4.78, 5) is 0.161. The average Bonchev–Trinajstić information content (AvgIpc) is 2.39. The third-order valence-corrected chi connectivity index (χ3v) is 5.22. The number of rotatable bonds is 2. The van der Waals surface area contributed by atoms with Gasteiger partial charge in [-0.1, -0.05) is 18.0 Å². The molecule has 1 aliphatic rings. The van der Waals surface area contributed by atoms with Crippen molar-refractivity contribution in [3.63, 3.8) is 0 Å². The van der Waals surface area contributed by atoms with E-state index in [1.54, 1.807) is 0 Å². The lowest BCUT2D eigenvalue weighted by Crippen LogP contribution is -2.35. The fraction of sp³-hybridized carbons (Fsp3) is 0.417. The van der Waals surface area contributed by atoms with Crippen molar-refractivity contribution in [1.82, 2.24) is 4.31 Å². The molecule has 2 rings (SSSR count). The number of halogens is 1. The van der Waals surface area contributed by atoms with Gasteiger partial charge in [-0.15, -0.1) is 0 Å². The zero-order valence-corrected chi connectivity index (χ0v) is 11.3. The van der Waals surface area contributed by atoms with Crippen LogP contribution in [-0.4, -0.2) is 25.8 Å². The second-order valence-electron chi connectivity index (χ2n) is 4.22. The fourth-order valence-corrected chi connectivity index (χ4v) is 3.83. The van der Waals surface area contributed by atoms with E-state index in [2.05, 4.69) is 0 Å². The van der Waals surface area contributed by atoms with Gasteiger partial charge in [0, 0.05) is 13.1 Å². The van der Waals surface area contributed by atoms with Crippen LogP contribution in [0.1, 0.15) is 24.8 Å². The van der Waals surface area contributed by atoms with Crippen molar-refractivity contribution in [1.29, 1.82) is 5.26 Å². The Morgan fingerprint density at radius 2 is 1.89 bits per heavy atom. The van der Waals surface area contributed by atoms with Gasteiger partial charge in [-0.25, -0.2) is 8.42 Å².